The number of aromatic nitrogens is 2. The lowest BCUT2D eigenvalue weighted by Gasteiger charge is -2.07. The summed E-state index contributed by atoms with van der Waals surface area (Å²) in [4.78, 5) is -0.0753. The number of aromatic amines is 1. The molecule has 0 bridgehead atoms. The van der Waals surface area contributed by atoms with Gasteiger partial charge in [-0.2, -0.15) is 5.10 Å². The molecule has 0 atom stereocenters. The molecule has 0 fully saturated rings. The molecule has 2 rings (SSSR count). The van der Waals surface area contributed by atoms with E-state index in [4.69, 9.17) is 5.73 Å². The number of nitrogens with zero attached hydrogens (tertiary/aromatic N) is 1. The van der Waals surface area contributed by atoms with Crippen LogP contribution in [-0.4, -0.2) is 18.6 Å². The number of hydrogen-bond donors (Lipinski definition) is 3. The van der Waals surface area contributed by atoms with Crippen molar-refractivity contribution in [3.05, 3.63) is 36.4 Å². The van der Waals surface area contributed by atoms with Crippen LogP contribution in [0.25, 0.3) is 0 Å². The third-order valence-electron chi connectivity index (χ3n) is 2.02. The van der Waals surface area contributed by atoms with E-state index < -0.39 is 15.8 Å². The lowest BCUT2D eigenvalue weighted by Crippen LogP contribution is -2.13. The smallest absolute Gasteiger partial charge is 0.265 e. The van der Waals surface area contributed by atoms with E-state index in [0.717, 1.165) is 12.3 Å². The van der Waals surface area contributed by atoms with Gasteiger partial charge >= 0.3 is 0 Å². The second-order valence-electron chi connectivity index (χ2n) is 3.28. The van der Waals surface area contributed by atoms with E-state index in [2.05, 4.69) is 14.9 Å². The van der Waals surface area contributed by atoms with Crippen molar-refractivity contribution in [1.82, 2.24) is 10.2 Å². The van der Waals surface area contributed by atoms with E-state index in [1.165, 1.54) is 18.3 Å². The summed E-state index contributed by atoms with van der Waals surface area (Å²) in [5.74, 6) is -0.739. The molecule has 0 radical (unpaired) electrons. The lowest BCUT2D eigenvalue weighted by atomic mass is 10.3. The first kappa shape index (κ1) is 11.4. The first-order chi connectivity index (χ1) is 7.99. The number of nitrogens with one attached hydrogen (secondary N) is 2. The Morgan fingerprint density at radius 1 is 1.41 bits per heavy atom. The van der Waals surface area contributed by atoms with Crippen LogP contribution in [0, 0.1) is 5.82 Å². The largest absolute Gasteiger partial charge is 0.399 e. The van der Waals surface area contributed by atoms with Gasteiger partial charge in [0.2, 0.25) is 0 Å². The molecule has 4 N–H and O–H groups in total. The second-order valence-corrected chi connectivity index (χ2v) is 4.96. The summed E-state index contributed by atoms with van der Waals surface area (Å²) in [7, 11) is -3.83. The molecule has 0 saturated heterocycles. The molecule has 0 saturated carbocycles. The number of benzene rings is 1. The molecule has 0 spiro atoms. The lowest BCUT2D eigenvalue weighted by molar-refractivity contribution is 0.598. The Balaban J connectivity index is 2.33. The van der Waals surface area contributed by atoms with Crippen LogP contribution in [0.1, 0.15) is 0 Å². The number of hydrogen-bond acceptors (Lipinski definition) is 4. The molecule has 6 nitrogen and oxygen atoms in total. The molecule has 0 amide bonds. The fraction of sp³-hybridized carbons (Fsp3) is 0. The zero-order valence-electron chi connectivity index (χ0n) is 8.51. The highest BCUT2D eigenvalue weighted by molar-refractivity contribution is 7.92. The average molecular weight is 256 g/mol. The highest BCUT2D eigenvalue weighted by Gasteiger charge is 2.17. The fourth-order valence-electron chi connectivity index (χ4n) is 1.20. The minimum atomic E-state index is -3.83. The Kier molecular flexibility index (Phi) is 2.72. The van der Waals surface area contributed by atoms with Gasteiger partial charge in [0.15, 0.2) is 0 Å². The molecule has 1 aromatic heterocycles. The Bertz CT molecular complexity index is 624. The number of halogens is 1. The SMILES string of the molecule is Nc1ccc(NS(=O)(=O)c2cn[nH]c2)c(F)c1. The van der Waals surface area contributed by atoms with Crippen LogP contribution in [0.5, 0.6) is 0 Å². The van der Waals surface area contributed by atoms with Gasteiger partial charge in [-0.25, -0.2) is 12.8 Å². The average Bonchev–Trinajstić information content (AvgIpc) is 2.76. The number of nitrogen functional groups attached to an aromatic ring is 1. The Labute approximate surface area is 96.7 Å². The van der Waals surface area contributed by atoms with Crippen molar-refractivity contribution in [1.29, 1.82) is 0 Å². The van der Waals surface area contributed by atoms with E-state index >= 15 is 0 Å². The van der Waals surface area contributed by atoms with E-state index in [9.17, 15) is 12.8 Å². The number of anilines is 2. The maximum atomic E-state index is 13.4. The van der Waals surface area contributed by atoms with Crippen LogP contribution < -0.4 is 10.5 Å². The monoisotopic (exact) mass is 256 g/mol. The van der Waals surface area contributed by atoms with Gasteiger partial charge in [-0.05, 0) is 18.2 Å². The van der Waals surface area contributed by atoms with Crippen LogP contribution >= 0.6 is 0 Å². The third kappa shape index (κ3) is 2.36. The van der Waals surface area contributed by atoms with Crippen molar-refractivity contribution < 1.29 is 12.8 Å². The summed E-state index contributed by atoms with van der Waals surface area (Å²) in [5, 5.41) is 5.87. The van der Waals surface area contributed by atoms with Gasteiger partial charge < -0.3 is 5.73 Å². The topological polar surface area (TPSA) is 101 Å². The number of rotatable bonds is 3. The maximum absolute atomic E-state index is 13.4. The standard InChI is InChI=1S/C9H9FN4O2S/c10-8-3-6(11)1-2-9(8)14-17(15,16)7-4-12-13-5-7/h1-5,14H,11H2,(H,12,13). The van der Waals surface area contributed by atoms with Gasteiger partial charge in [0.1, 0.15) is 10.7 Å². The normalized spacial score (nSPS) is 11.4. The molecule has 8 heteroatoms. The molecular weight excluding hydrogens is 247 g/mol. The van der Waals surface area contributed by atoms with Gasteiger partial charge in [0, 0.05) is 11.9 Å². The van der Waals surface area contributed by atoms with E-state index in [1.807, 2.05) is 0 Å². The first-order valence-electron chi connectivity index (χ1n) is 4.56. The minimum absolute atomic E-state index is 0.0753. The van der Waals surface area contributed by atoms with Crippen molar-refractivity contribution in [2.45, 2.75) is 4.90 Å². The van der Waals surface area contributed by atoms with Crippen LogP contribution in [0.3, 0.4) is 0 Å². The summed E-state index contributed by atoms with van der Waals surface area (Å²) in [5.41, 5.74) is 5.40. The Morgan fingerprint density at radius 3 is 2.76 bits per heavy atom. The number of H-pyrrole nitrogens is 1. The summed E-state index contributed by atoms with van der Waals surface area (Å²) in [6, 6.07) is 3.69. The molecule has 17 heavy (non-hydrogen) atoms. The first-order valence-corrected chi connectivity index (χ1v) is 6.04. The molecule has 0 aliphatic carbocycles. The molecule has 0 aliphatic heterocycles. The fourth-order valence-corrected chi connectivity index (χ4v) is 2.18. The van der Waals surface area contributed by atoms with Crippen LogP contribution in [-0.2, 0) is 10.0 Å². The van der Waals surface area contributed by atoms with Crippen LogP contribution in [0.2, 0.25) is 0 Å². The second kappa shape index (κ2) is 4.06. The molecular formula is C9H9FN4O2S. The quantitative estimate of drug-likeness (QED) is 0.711. The van der Waals surface area contributed by atoms with Crippen molar-refractivity contribution in [3.8, 4) is 0 Å². The zero-order valence-corrected chi connectivity index (χ0v) is 9.33. The van der Waals surface area contributed by atoms with Crippen LogP contribution in [0.4, 0.5) is 15.8 Å². The minimum Gasteiger partial charge on any atom is -0.399 e. The highest BCUT2D eigenvalue weighted by Crippen LogP contribution is 2.20. The van der Waals surface area contributed by atoms with Gasteiger partial charge in [-0.3, -0.25) is 9.82 Å². The van der Waals surface area contributed by atoms with Gasteiger partial charge in [-0.1, -0.05) is 0 Å². The van der Waals surface area contributed by atoms with Crippen molar-refractivity contribution in [3.63, 3.8) is 0 Å². The summed E-state index contributed by atoms with van der Waals surface area (Å²) in [6.07, 6.45) is 2.31. The van der Waals surface area contributed by atoms with Crippen LogP contribution in [0.15, 0.2) is 35.5 Å². The number of sulfonamides is 1. The predicted molar refractivity (Wildman–Crippen MR) is 60.2 cm³/mol. The maximum Gasteiger partial charge on any atom is 0.265 e. The molecule has 0 unspecified atom stereocenters. The molecule has 2 aromatic rings. The van der Waals surface area contributed by atoms with Gasteiger partial charge in [0.05, 0.1) is 11.9 Å². The summed E-state index contributed by atoms with van der Waals surface area (Å²) < 4.78 is 39.0. The van der Waals surface area contributed by atoms with Crippen molar-refractivity contribution in [2.75, 3.05) is 10.5 Å². The zero-order chi connectivity index (χ0) is 12.5. The van der Waals surface area contributed by atoms with Gasteiger partial charge in [0.25, 0.3) is 10.0 Å². The van der Waals surface area contributed by atoms with Crippen molar-refractivity contribution in [2.24, 2.45) is 0 Å². The predicted octanol–water partition coefficient (Wildman–Crippen LogP) is 0.932. The number of nitrogens with two attached hydrogens (primary N) is 1. The molecule has 0 aliphatic rings. The van der Waals surface area contributed by atoms with E-state index in [-0.39, 0.29) is 16.3 Å². The Hall–Kier alpha value is -2.09. The van der Waals surface area contributed by atoms with Gasteiger partial charge in [-0.15, -0.1) is 0 Å². The highest BCUT2D eigenvalue weighted by atomic mass is 32.2. The summed E-state index contributed by atoms with van der Waals surface area (Å²) in [6.45, 7) is 0. The summed E-state index contributed by atoms with van der Waals surface area (Å²) >= 11 is 0. The van der Waals surface area contributed by atoms with E-state index in [0.29, 0.717) is 0 Å². The molecule has 90 valence electrons. The van der Waals surface area contributed by atoms with E-state index in [1.54, 1.807) is 0 Å². The van der Waals surface area contributed by atoms with Crippen molar-refractivity contribution >= 4 is 21.4 Å². The molecule has 1 heterocycles. The Morgan fingerprint density at radius 2 is 2.18 bits per heavy atom. The third-order valence-corrected chi connectivity index (χ3v) is 3.35. The molecule has 1 aromatic carbocycles.